The number of carbonyl (C=O) groups is 2. The average Bonchev–Trinajstić information content (AvgIpc) is 3.34. The van der Waals surface area contributed by atoms with Crippen LogP contribution in [-0.4, -0.2) is 57.9 Å². The fraction of sp³-hybridized carbons (Fsp3) is 0.385. The van der Waals surface area contributed by atoms with Crippen LogP contribution in [0.1, 0.15) is 42.9 Å². The SMILES string of the molecule is CCN(CC)C(=O)c1ccccc1NC(=O)C1CCCN(Cc2nc(-c3ccc(Cl)cc3)no2)C1. The molecular weight excluding hydrogens is 466 g/mol. The van der Waals surface area contributed by atoms with Gasteiger partial charge in [0, 0.05) is 30.2 Å². The number of benzene rings is 2. The van der Waals surface area contributed by atoms with E-state index in [2.05, 4.69) is 20.4 Å². The van der Waals surface area contributed by atoms with Crippen LogP contribution in [0.5, 0.6) is 0 Å². The highest BCUT2D eigenvalue weighted by Crippen LogP contribution is 2.24. The first-order valence-electron chi connectivity index (χ1n) is 12.0. The van der Waals surface area contributed by atoms with Gasteiger partial charge in [-0.2, -0.15) is 4.98 Å². The van der Waals surface area contributed by atoms with E-state index >= 15 is 0 Å². The molecular formula is C26H30ClN5O3. The molecule has 2 amide bonds. The fourth-order valence-corrected chi connectivity index (χ4v) is 4.46. The van der Waals surface area contributed by atoms with Crippen LogP contribution in [0.15, 0.2) is 53.1 Å². The number of halogens is 1. The van der Waals surface area contributed by atoms with Gasteiger partial charge in [-0.25, -0.2) is 0 Å². The van der Waals surface area contributed by atoms with Crippen molar-refractivity contribution in [2.24, 2.45) is 5.92 Å². The Hall–Kier alpha value is -3.23. The molecule has 1 aliphatic heterocycles. The highest BCUT2D eigenvalue weighted by molar-refractivity contribution is 6.30. The Kier molecular flexibility index (Phi) is 8.15. The number of carbonyl (C=O) groups excluding carboxylic acids is 2. The number of hydrogen-bond acceptors (Lipinski definition) is 6. The first-order valence-corrected chi connectivity index (χ1v) is 12.4. The Balaban J connectivity index is 1.39. The molecule has 0 bridgehead atoms. The van der Waals surface area contributed by atoms with Crippen LogP contribution < -0.4 is 5.32 Å². The summed E-state index contributed by atoms with van der Waals surface area (Å²) in [7, 11) is 0. The van der Waals surface area contributed by atoms with Crippen molar-refractivity contribution in [1.29, 1.82) is 0 Å². The Morgan fingerprint density at radius 3 is 2.63 bits per heavy atom. The molecule has 8 nitrogen and oxygen atoms in total. The van der Waals surface area contributed by atoms with Gasteiger partial charge in [0.1, 0.15) is 0 Å². The number of rotatable bonds is 8. The van der Waals surface area contributed by atoms with Crippen molar-refractivity contribution in [1.82, 2.24) is 19.9 Å². The molecule has 35 heavy (non-hydrogen) atoms. The van der Waals surface area contributed by atoms with E-state index in [1.807, 2.05) is 38.1 Å². The van der Waals surface area contributed by atoms with Crippen molar-refractivity contribution in [3.63, 3.8) is 0 Å². The largest absolute Gasteiger partial charge is 0.339 e. The molecule has 0 saturated carbocycles. The molecule has 184 valence electrons. The molecule has 0 radical (unpaired) electrons. The van der Waals surface area contributed by atoms with E-state index in [1.165, 1.54) is 0 Å². The summed E-state index contributed by atoms with van der Waals surface area (Å²) in [5.41, 5.74) is 1.90. The van der Waals surface area contributed by atoms with Crippen LogP contribution in [0.25, 0.3) is 11.4 Å². The van der Waals surface area contributed by atoms with Crippen molar-refractivity contribution in [3.8, 4) is 11.4 Å². The van der Waals surface area contributed by atoms with E-state index < -0.39 is 0 Å². The molecule has 4 rings (SSSR count). The standard InChI is InChI=1S/C26H30ClN5O3/c1-3-32(4-2)26(34)21-9-5-6-10-22(21)28-25(33)19-8-7-15-31(16-19)17-23-29-24(30-35-23)18-11-13-20(27)14-12-18/h5-6,9-14,19H,3-4,7-8,15-17H2,1-2H3,(H,28,33). The molecule has 1 saturated heterocycles. The monoisotopic (exact) mass is 495 g/mol. The molecule has 0 aliphatic carbocycles. The predicted molar refractivity (Wildman–Crippen MR) is 135 cm³/mol. The van der Waals surface area contributed by atoms with Crippen molar-refractivity contribution < 1.29 is 14.1 Å². The summed E-state index contributed by atoms with van der Waals surface area (Å²) in [4.78, 5) is 34.4. The summed E-state index contributed by atoms with van der Waals surface area (Å²) < 4.78 is 5.45. The van der Waals surface area contributed by atoms with Crippen LogP contribution in [0.2, 0.25) is 5.02 Å². The summed E-state index contributed by atoms with van der Waals surface area (Å²) >= 11 is 5.95. The van der Waals surface area contributed by atoms with Crippen molar-refractivity contribution in [3.05, 3.63) is 65.0 Å². The molecule has 2 heterocycles. The minimum atomic E-state index is -0.195. The lowest BCUT2D eigenvalue weighted by Crippen LogP contribution is -2.40. The lowest BCUT2D eigenvalue weighted by Gasteiger charge is -2.31. The van der Waals surface area contributed by atoms with E-state index in [0.717, 1.165) is 24.9 Å². The lowest BCUT2D eigenvalue weighted by atomic mass is 9.96. The molecule has 0 spiro atoms. The number of para-hydroxylation sites is 1. The summed E-state index contributed by atoms with van der Waals surface area (Å²) in [5, 5.41) is 7.73. The zero-order valence-electron chi connectivity index (χ0n) is 20.0. The summed E-state index contributed by atoms with van der Waals surface area (Å²) in [5.74, 6) is 0.661. The topological polar surface area (TPSA) is 91.6 Å². The fourth-order valence-electron chi connectivity index (χ4n) is 4.33. The number of nitrogens with one attached hydrogen (secondary N) is 1. The minimum absolute atomic E-state index is 0.0796. The normalized spacial score (nSPS) is 16.1. The molecule has 1 fully saturated rings. The van der Waals surface area contributed by atoms with E-state index in [-0.39, 0.29) is 17.7 Å². The second kappa shape index (κ2) is 11.5. The third-order valence-corrected chi connectivity index (χ3v) is 6.52. The molecule has 9 heteroatoms. The van der Waals surface area contributed by atoms with Crippen LogP contribution in [0, 0.1) is 5.92 Å². The number of likely N-dealkylation sites (tertiary alicyclic amines) is 1. The quantitative estimate of drug-likeness (QED) is 0.486. The van der Waals surface area contributed by atoms with Gasteiger partial charge in [0.15, 0.2) is 0 Å². The first-order chi connectivity index (χ1) is 17.0. The Morgan fingerprint density at radius 2 is 1.89 bits per heavy atom. The second-order valence-electron chi connectivity index (χ2n) is 8.61. The zero-order chi connectivity index (χ0) is 24.8. The smallest absolute Gasteiger partial charge is 0.255 e. The second-order valence-corrected chi connectivity index (χ2v) is 9.04. The van der Waals surface area contributed by atoms with Gasteiger partial charge < -0.3 is 14.7 Å². The number of piperidine rings is 1. The number of hydrogen-bond donors (Lipinski definition) is 1. The van der Waals surface area contributed by atoms with E-state index in [0.29, 0.717) is 54.2 Å². The molecule has 1 aliphatic rings. The maximum Gasteiger partial charge on any atom is 0.255 e. The highest BCUT2D eigenvalue weighted by Gasteiger charge is 2.28. The Bertz CT molecular complexity index is 1160. The van der Waals surface area contributed by atoms with Gasteiger partial charge in [-0.15, -0.1) is 0 Å². The van der Waals surface area contributed by atoms with Gasteiger partial charge >= 0.3 is 0 Å². The lowest BCUT2D eigenvalue weighted by molar-refractivity contribution is -0.121. The number of nitrogens with zero attached hydrogens (tertiary/aromatic N) is 4. The van der Waals surface area contributed by atoms with E-state index in [4.69, 9.17) is 16.1 Å². The maximum atomic E-state index is 13.1. The highest BCUT2D eigenvalue weighted by atomic mass is 35.5. The summed E-state index contributed by atoms with van der Waals surface area (Å²) in [6, 6.07) is 14.5. The molecule has 3 aromatic rings. The Labute approximate surface area is 210 Å². The van der Waals surface area contributed by atoms with Gasteiger partial charge in [-0.1, -0.05) is 28.9 Å². The van der Waals surface area contributed by atoms with E-state index in [1.54, 1.807) is 29.2 Å². The van der Waals surface area contributed by atoms with Crippen LogP contribution in [0.4, 0.5) is 5.69 Å². The average molecular weight is 496 g/mol. The number of anilines is 1. The summed E-state index contributed by atoms with van der Waals surface area (Å²) in [6.45, 7) is 7.02. The maximum absolute atomic E-state index is 13.1. The van der Waals surface area contributed by atoms with Gasteiger partial charge in [-0.3, -0.25) is 14.5 Å². The van der Waals surface area contributed by atoms with Gasteiger partial charge in [0.2, 0.25) is 17.6 Å². The predicted octanol–water partition coefficient (Wildman–Crippen LogP) is 4.72. The van der Waals surface area contributed by atoms with Gasteiger partial charge in [-0.05, 0) is 69.6 Å². The molecule has 1 unspecified atom stereocenters. The van der Waals surface area contributed by atoms with Crippen LogP contribution in [-0.2, 0) is 11.3 Å². The van der Waals surface area contributed by atoms with Gasteiger partial charge in [0.25, 0.3) is 5.91 Å². The molecule has 1 N–H and O–H groups in total. The van der Waals surface area contributed by atoms with Gasteiger partial charge in [0.05, 0.1) is 23.7 Å². The van der Waals surface area contributed by atoms with Crippen LogP contribution in [0.3, 0.4) is 0 Å². The molecule has 1 aromatic heterocycles. The third kappa shape index (κ3) is 6.07. The zero-order valence-corrected chi connectivity index (χ0v) is 20.8. The van der Waals surface area contributed by atoms with Crippen LogP contribution >= 0.6 is 11.6 Å². The molecule has 1 atom stereocenters. The molecule has 2 aromatic carbocycles. The first kappa shape index (κ1) is 24.9. The number of amides is 2. The van der Waals surface area contributed by atoms with Crippen molar-refractivity contribution >= 4 is 29.1 Å². The number of aromatic nitrogens is 2. The van der Waals surface area contributed by atoms with Crippen molar-refractivity contribution in [2.75, 3.05) is 31.5 Å². The Morgan fingerprint density at radius 1 is 1.14 bits per heavy atom. The third-order valence-electron chi connectivity index (χ3n) is 6.27. The van der Waals surface area contributed by atoms with Crippen molar-refractivity contribution in [2.45, 2.75) is 33.2 Å². The summed E-state index contributed by atoms with van der Waals surface area (Å²) in [6.07, 6.45) is 1.67. The van der Waals surface area contributed by atoms with E-state index in [9.17, 15) is 9.59 Å². The minimum Gasteiger partial charge on any atom is -0.339 e.